The molecule has 2 rings (SSSR count). The fourth-order valence-electron chi connectivity index (χ4n) is 1.19. The predicted octanol–water partition coefficient (Wildman–Crippen LogP) is 2.13. The Labute approximate surface area is 91.0 Å². The van der Waals surface area contributed by atoms with E-state index in [0.29, 0.717) is 5.56 Å². The topological polar surface area (TPSA) is 42.0 Å². The molecule has 1 saturated carbocycles. The molecule has 3 nitrogen and oxygen atoms in total. The molecule has 0 spiro atoms. The molecule has 4 heteroatoms. The minimum atomic E-state index is -0.0428. The highest BCUT2D eigenvalue weighted by Gasteiger charge is 2.38. The van der Waals surface area contributed by atoms with E-state index in [2.05, 4.69) is 33.2 Å². The van der Waals surface area contributed by atoms with E-state index in [1.165, 1.54) is 0 Å². The van der Waals surface area contributed by atoms with Gasteiger partial charge >= 0.3 is 0 Å². The quantitative estimate of drug-likeness (QED) is 0.879. The van der Waals surface area contributed by atoms with Gasteiger partial charge in [-0.3, -0.25) is 9.78 Å². The predicted molar refractivity (Wildman–Crippen MR) is 57.0 cm³/mol. The van der Waals surface area contributed by atoms with Crippen LogP contribution in [0.1, 0.15) is 30.1 Å². The second kappa shape index (κ2) is 3.35. The van der Waals surface area contributed by atoms with Crippen LogP contribution < -0.4 is 5.32 Å². The Balaban J connectivity index is 2.11. The summed E-state index contributed by atoms with van der Waals surface area (Å²) in [6.07, 6.45) is 5.38. The van der Waals surface area contributed by atoms with Gasteiger partial charge in [0.25, 0.3) is 5.91 Å². The maximum absolute atomic E-state index is 11.7. The number of amides is 1. The van der Waals surface area contributed by atoms with Gasteiger partial charge in [0, 0.05) is 22.4 Å². The molecule has 1 aromatic heterocycles. The van der Waals surface area contributed by atoms with Crippen molar-refractivity contribution in [2.45, 2.75) is 25.3 Å². The normalized spacial score (nSPS) is 17.6. The Bertz CT molecular complexity index is 374. The monoisotopic (exact) mass is 254 g/mol. The first-order chi connectivity index (χ1) is 6.59. The van der Waals surface area contributed by atoms with Crippen molar-refractivity contribution in [3.05, 3.63) is 28.5 Å². The van der Waals surface area contributed by atoms with Crippen LogP contribution in [0.5, 0.6) is 0 Å². The molecule has 0 bridgehead atoms. The molecule has 1 amide bonds. The smallest absolute Gasteiger partial charge is 0.253 e. The molecule has 0 unspecified atom stereocenters. The molecule has 74 valence electrons. The Morgan fingerprint density at radius 2 is 2.29 bits per heavy atom. The van der Waals surface area contributed by atoms with E-state index >= 15 is 0 Å². The summed E-state index contributed by atoms with van der Waals surface area (Å²) in [7, 11) is 0. The lowest BCUT2D eigenvalue weighted by molar-refractivity contribution is 0.0935. The minimum absolute atomic E-state index is 0.0272. The number of pyridine rings is 1. The molecule has 0 radical (unpaired) electrons. The number of halogens is 1. The zero-order chi connectivity index (χ0) is 10.2. The molecule has 1 aromatic rings. The van der Waals surface area contributed by atoms with Gasteiger partial charge in [-0.2, -0.15) is 0 Å². The van der Waals surface area contributed by atoms with E-state index in [0.717, 1.165) is 17.3 Å². The molecule has 1 aliphatic rings. The average Bonchev–Trinajstić information content (AvgIpc) is 2.83. The summed E-state index contributed by atoms with van der Waals surface area (Å²) < 4.78 is 0.825. The lowest BCUT2D eigenvalue weighted by atomic mass is 10.2. The van der Waals surface area contributed by atoms with Crippen LogP contribution in [-0.2, 0) is 0 Å². The molecule has 1 heterocycles. The first kappa shape index (κ1) is 9.65. The van der Waals surface area contributed by atoms with E-state index in [9.17, 15) is 4.79 Å². The van der Waals surface area contributed by atoms with Crippen molar-refractivity contribution in [1.82, 2.24) is 10.3 Å². The van der Waals surface area contributed by atoms with Gasteiger partial charge < -0.3 is 5.32 Å². The Hall–Kier alpha value is -0.900. The van der Waals surface area contributed by atoms with Crippen molar-refractivity contribution in [1.29, 1.82) is 0 Å². The van der Waals surface area contributed by atoms with E-state index < -0.39 is 0 Å². The number of aromatic nitrogens is 1. The van der Waals surface area contributed by atoms with Crippen molar-refractivity contribution in [2.75, 3.05) is 0 Å². The standard InChI is InChI=1S/C10H11BrN2O/c1-10(2-3-10)13-9(14)7-4-8(11)6-12-5-7/h4-6H,2-3H2,1H3,(H,13,14). The van der Waals surface area contributed by atoms with Crippen LogP contribution in [0.2, 0.25) is 0 Å². The molecule has 0 aliphatic heterocycles. The van der Waals surface area contributed by atoms with E-state index in [-0.39, 0.29) is 11.4 Å². The highest BCUT2D eigenvalue weighted by Crippen LogP contribution is 2.34. The summed E-state index contributed by atoms with van der Waals surface area (Å²) in [5.41, 5.74) is 0.631. The Morgan fingerprint density at radius 1 is 1.57 bits per heavy atom. The molecule has 1 aliphatic carbocycles. The average molecular weight is 255 g/mol. The molecule has 0 saturated heterocycles. The second-order valence-corrected chi connectivity index (χ2v) is 4.82. The van der Waals surface area contributed by atoms with Crippen molar-refractivity contribution < 1.29 is 4.79 Å². The SMILES string of the molecule is CC1(NC(=O)c2cncc(Br)c2)CC1. The molecule has 0 aromatic carbocycles. The van der Waals surface area contributed by atoms with Crippen molar-refractivity contribution >= 4 is 21.8 Å². The second-order valence-electron chi connectivity index (χ2n) is 3.91. The van der Waals surface area contributed by atoms with Gasteiger partial charge in [-0.25, -0.2) is 0 Å². The summed E-state index contributed by atoms with van der Waals surface area (Å²) in [5.74, 6) is -0.0428. The van der Waals surface area contributed by atoms with Gasteiger partial charge in [-0.05, 0) is 41.8 Å². The summed E-state index contributed by atoms with van der Waals surface area (Å²) in [6.45, 7) is 2.05. The maximum Gasteiger partial charge on any atom is 0.253 e. The van der Waals surface area contributed by atoms with Crippen LogP contribution >= 0.6 is 15.9 Å². The van der Waals surface area contributed by atoms with Crippen LogP contribution in [0.4, 0.5) is 0 Å². The third kappa shape index (κ3) is 2.12. The summed E-state index contributed by atoms with van der Waals surface area (Å²) >= 11 is 3.28. The third-order valence-electron chi connectivity index (χ3n) is 2.38. The largest absolute Gasteiger partial charge is 0.347 e. The lowest BCUT2D eigenvalue weighted by Gasteiger charge is -2.10. The van der Waals surface area contributed by atoms with Crippen LogP contribution in [0.25, 0.3) is 0 Å². The first-order valence-corrected chi connectivity index (χ1v) is 5.31. The van der Waals surface area contributed by atoms with E-state index in [4.69, 9.17) is 0 Å². The van der Waals surface area contributed by atoms with Crippen LogP contribution in [0, 0.1) is 0 Å². The van der Waals surface area contributed by atoms with Gasteiger partial charge in [-0.1, -0.05) is 0 Å². The van der Waals surface area contributed by atoms with Crippen molar-refractivity contribution in [2.24, 2.45) is 0 Å². The van der Waals surface area contributed by atoms with Crippen LogP contribution in [0.15, 0.2) is 22.9 Å². The molecule has 1 N–H and O–H groups in total. The minimum Gasteiger partial charge on any atom is -0.347 e. The van der Waals surface area contributed by atoms with Crippen LogP contribution in [-0.4, -0.2) is 16.4 Å². The van der Waals surface area contributed by atoms with Gasteiger partial charge in [0.15, 0.2) is 0 Å². The summed E-state index contributed by atoms with van der Waals surface area (Å²) in [5, 5.41) is 2.97. The maximum atomic E-state index is 11.7. The first-order valence-electron chi connectivity index (χ1n) is 4.52. The van der Waals surface area contributed by atoms with Crippen molar-refractivity contribution in [3.63, 3.8) is 0 Å². The Morgan fingerprint density at radius 3 is 2.86 bits per heavy atom. The van der Waals surface area contributed by atoms with Gasteiger partial charge in [0.05, 0.1) is 5.56 Å². The van der Waals surface area contributed by atoms with E-state index in [1.54, 1.807) is 18.5 Å². The Kier molecular flexibility index (Phi) is 2.31. The number of nitrogens with zero attached hydrogens (tertiary/aromatic N) is 1. The fourth-order valence-corrected chi connectivity index (χ4v) is 1.56. The molecule has 0 atom stereocenters. The highest BCUT2D eigenvalue weighted by atomic mass is 79.9. The summed E-state index contributed by atoms with van der Waals surface area (Å²) in [6, 6.07) is 1.77. The number of hydrogen-bond donors (Lipinski definition) is 1. The zero-order valence-electron chi connectivity index (χ0n) is 7.88. The molecule has 14 heavy (non-hydrogen) atoms. The highest BCUT2D eigenvalue weighted by molar-refractivity contribution is 9.10. The fraction of sp³-hybridized carbons (Fsp3) is 0.400. The zero-order valence-corrected chi connectivity index (χ0v) is 9.47. The van der Waals surface area contributed by atoms with Gasteiger partial charge in [0.2, 0.25) is 0 Å². The van der Waals surface area contributed by atoms with Gasteiger partial charge in [0.1, 0.15) is 0 Å². The number of carbonyl (C=O) groups is 1. The number of rotatable bonds is 2. The van der Waals surface area contributed by atoms with Crippen LogP contribution in [0.3, 0.4) is 0 Å². The number of hydrogen-bond acceptors (Lipinski definition) is 2. The molecular weight excluding hydrogens is 244 g/mol. The molecular formula is C10H11BrN2O. The lowest BCUT2D eigenvalue weighted by Crippen LogP contribution is -2.34. The number of nitrogens with one attached hydrogen (secondary N) is 1. The van der Waals surface area contributed by atoms with Crippen molar-refractivity contribution in [3.8, 4) is 0 Å². The third-order valence-corrected chi connectivity index (χ3v) is 2.82. The van der Waals surface area contributed by atoms with Gasteiger partial charge in [-0.15, -0.1) is 0 Å². The molecule has 1 fully saturated rings. The van der Waals surface area contributed by atoms with E-state index in [1.807, 2.05) is 0 Å². The number of carbonyl (C=O) groups excluding carboxylic acids is 1. The summed E-state index contributed by atoms with van der Waals surface area (Å²) in [4.78, 5) is 15.6.